The fraction of sp³-hybridized carbons (Fsp3) is 0.467. The van der Waals surface area contributed by atoms with E-state index < -0.39 is 17.9 Å². The van der Waals surface area contributed by atoms with Crippen LogP contribution in [0.15, 0.2) is 24.3 Å². The van der Waals surface area contributed by atoms with Crippen molar-refractivity contribution in [1.82, 2.24) is 5.32 Å². The number of amides is 1. The van der Waals surface area contributed by atoms with Gasteiger partial charge in [0.05, 0.1) is 0 Å². The van der Waals surface area contributed by atoms with Crippen LogP contribution in [0.2, 0.25) is 0 Å². The van der Waals surface area contributed by atoms with Crippen LogP contribution in [0, 0.1) is 5.92 Å². The largest absolute Gasteiger partial charge is 0.484 e. The summed E-state index contributed by atoms with van der Waals surface area (Å²) in [6, 6.07) is 6.58. The van der Waals surface area contributed by atoms with Crippen molar-refractivity contribution < 1.29 is 19.4 Å². The summed E-state index contributed by atoms with van der Waals surface area (Å²) >= 11 is 0. The number of ether oxygens (including phenoxy) is 1. The first kappa shape index (κ1) is 16.0. The van der Waals surface area contributed by atoms with Crippen molar-refractivity contribution in [2.45, 2.75) is 33.2 Å². The summed E-state index contributed by atoms with van der Waals surface area (Å²) in [7, 11) is 0. The molecule has 0 spiro atoms. The van der Waals surface area contributed by atoms with E-state index in [9.17, 15) is 9.59 Å². The van der Waals surface area contributed by atoms with Gasteiger partial charge in [-0.15, -0.1) is 0 Å². The number of aliphatic carboxylic acids is 1. The first-order chi connectivity index (χ1) is 9.43. The summed E-state index contributed by atoms with van der Waals surface area (Å²) in [5, 5.41) is 11.4. The molecule has 0 fully saturated rings. The van der Waals surface area contributed by atoms with E-state index >= 15 is 0 Å². The summed E-state index contributed by atoms with van der Waals surface area (Å²) in [5.41, 5.74) is 1.12. The predicted octanol–water partition coefficient (Wildman–Crippen LogP) is 1.85. The van der Waals surface area contributed by atoms with Gasteiger partial charge < -0.3 is 15.2 Å². The number of hydrogen-bond donors (Lipinski definition) is 2. The third-order valence-electron chi connectivity index (χ3n) is 2.93. The molecule has 20 heavy (non-hydrogen) atoms. The van der Waals surface area contributed by atoms with E-state index in [4.69, 9.17) is 9.84 Å². The van der Waals surface area contributed by atoms with Gasteiger partial charge in [-0.25, -0.2) is 4.79 Å². The maximum absolute atomic E-state index is 11.7. The zero-order chi connectivity index (χ0) is 15.1. The van der Waals surface area contributed by atoms with Crippen molar-refractivity contribution in [2.75, 3.05) is 6.61 Å². The zero-order valence-electron chi connectivity index (χ0n) is 12.1. The number of carboxylic acid groups (broad SMARTS) is 1. The van der Waals surface area contributed by atoms with Crippen LogP contribution in [-0.4, -0.2) is 29.6 Å². The molecule has 2 N–H and O–H groups in total. The molecule has 0 aromatic heterocycles. The molecular weight excluding hydrogens is 258 g/mol. The van der Waals surface area contributed by atoms with E-state index in [1.54, 1.807) is 19.9 Å². The Kier molecular flexibility index (Phi) is 6.03. The fourth-order valence-corrected chi connectivity index (χ4v) is 1.73. The molecule has 1 atom stereocenters. The molecule has 1 aromatic rings. The van der Waals surface area contributed by atoms with Gasteiger partial charge in [-0.1, -0.05) is 32.9 Å². The summed E-state index contributed by atoms with van der Waals surface area (Å²) in [6.07, 6.45) is 0.887. The highest BCUT2D eigenvalue weighted by atomic mass is 16.5. The highest BCUT2D eigenvalue weighted by molar-refractivity contribution is 5.84. The first-order valence-corrected chi connectivity index (χ1v) is 6.68. The van der Waals surface area contributed by atoms with E-state index in [0.29, 0.717) is 5.75 Å². The number of nitrogens with one attached hydrogen (secondary N) is 1. The highest BCUT2D eigenvalue weighted by Crippen LogP contribution is 2.13. The molecule has 0 bridgehead atoms. The lowest BCUT2D eigenvalue weighted by molar-refractivity contribution is -0.143. The molecular formula is C15H21NO4. The molecule has 0 aliphatic heterocycles. The molecule has 0 heterocycles. The minimum Gasteiger partial charge on any atom is -0.484 e. The first-order valence-electron chi connectivity index (χ1n) is 6.68. The lowest BCUT2D eigenvalue weighted by Crippen LogP contribution is -2.46. The van der Waals surface area contributed by atoms with E-state index in [0.717, 1.165) is 12.0 Å². The Labute approximate surface area is 118 Å². The second-order valence-corrected chi connectivity index (χ2v) is 4.92. The lowest BCUT2D eigenvalue weighted by Gasteiger charge is -2.18. The summed E-state index contributed by atoms with van der Waals surface area (Å²) in [4.78, 5) is 22.7. The topological polar surface area (TPSA) is 75.6 Å². The molecule has 0 aliphatic carbocycles. The van der Waals surface area contributed by atoms with Crippen LogP contribution in [0.1, 0.15) is 26.3 Å². The van der Waals surface area contributed by atoms with E-state index in [2.05, 4.69) is 5.32 Å². The van der Waals surface area contributed by atoms with Crippen LogP contribution in [0.3, 0.4) is 0 Å². The van der Waals surface area contributed by atoms with Gasteiger partial charge in [-0.3, -0.25) is 4.79 Å². The van der Waals surface area contributed by atoms with Crippen molar-refractivity contribution in [3.63, 3.8) is 0 Å². The summed E-state index contributed by atoms with van der Waals surface area (Å²) in [6.45, 7) is 5.32. The van der Waals surface area contributed by atoms with Crippen LogP contribution >= 0.6 is 0 Å². The fourth-order valence-electron chi connectivity index (χ4n) is 1.73. The van der Waals surface area contributed by atoms with Gasteiger partial charge >= 0.3 is 5.97 Å². The van der Waals surface area contributed by atoms with Crippen molar-refractivity contribution in [1.29, 1.82) is 0 Å². The standard InChI is InChI=1S/C15H21NO4/c1-4-11-6-5-7-12(8-11)20-9-13(17)16-14(10(2)3)15(18)19/h5-8,10,14H,4,9H2,1-3H3,(H,16,17)(H,18,19)/t14-/m0/s1. The van der Waals surface area contributed by atoms with Gasteiger partial charge in [0, 0.05) is 0 Å². The van der Waals surface area contributed by atoms with Crippen molar-refractivity contribution in [2.24, 2.45) is 5.92 Å². The molecule has 0 unspecified atom stereocenters. The third kappa shape index (κ3) is 4.91. The third-order valence-corrected chi connectivity index (χ3v) is 2.93. The van der Waals surface area contributed by atoms with Crippen LogP contribution in [0.4, 0.5) is 0 Å². The Balaban J connectivity index is 2.52. The smallest absolute Gasteiger partial charge is 0.326 e. The van der Waals surface area contributed by atoms with Crippen molar-refractivity contribution in [3.05, 3.63) is 29.8 Å². The van der Waals surface area contributed by atoms with Gasteiger partial charge in [-0.05, 0) is 30.0 Å². The molecule has 5 nitrogen and oxygen atoms in total. The number of hydrogen-bond acceptors (Lipinski definition) is 3. The van der Waals surface area contributed by atoms with Gasteiger partial charge in [0.15, 0.2) is 6.61 Å². The second-order valence-electron chi connectivity index (χ2n) is 4.92. The van der Waals surface area contributed by atoms with Crippen LogP contribution in [0.25, 0.3) is 0 Å². The molecule has 0 saturated carbocycles. The molecule has 0 radical (unpaired) electrons. The van der Waals surface area contributed by atoms with Gasteiger partial charge in [0.25, 0.3) is 5.91 Å². The minimum absolute atomic E-state index is 0.181. The average molecular weight is 279 g/mol. The number of rotatable bonds is 7. The molecule has 110 valence electrons. The number of carboxylic acids is 1. The van der Waals surface area contributed by atoms with Crippen molar-refractivity contribution in [3.8, 4) is 5.75 Å². The number of carbonyl (C=O) groups is 2. The molecule has 1 amide bonds. The van der Waals surface area contributed by atoms with E-state index in [-0.39, 0.29) is 12.5 Å². The molecule has 0 saturated heterocycles. The molecule has 1 aromatic carbocycles. The maximum atomic E-state index is 11.7. The Morgan fingerprint density at radius 3 is 2.60 bits per heavy atom. The van der Waals surface area contributed by atoms with Crippen LogP contribution in [-0.2, 0) is 16.0 Å². The predicted molar refractivity (Wildman–Crippen MR) is 75.7 cm³/mol. The SMILES string of the molecule is CCc1cccc(OCC(=O)N[C@H](C(=O)O)C(C)C)c1. The monoisotopic (exact) mass is 279 g/mol. The van der Waals surface area contributed by atoms with Crippen LogP contribution < -0.4 is 10.1 Å². The number of benzene rings is 1. The number of carbonyl (C=O) groups excluding carboxylic acids is 1. The van der Waals surface area contributed by atoms with Gasteiger partial charge in [0.1, 0.15) is 11.8 Å². The average Bonchev–Trinajstić information content (AvgIpc) is 2.42. The van der Waals surface area contributed by atoms with E-state index in [1.807, 2.05) is 25.1 Å². The Bertz CT molecular complexity index is 471. The Hall–Kier alpha value is -2.04. The van der Waals surface area contributed by atoms with Crippen molar-refractivity contribution >= 4 is 11.9 Å². The quantitative estimate of drug-likeness (QED) is 0.798. The van der Waals surface area contributed by atoms with Gasteiger partial charge in [0.2, 0.25) is 0 Å². The summed E-state index contributed by atoms with van der Waals surface area (Å²) in [5.74, 6) is -1.05. The van der Waals surface area contributed by atoms with E-state index in [1.165, 1.54) is 0 Å². The molecule has 5 heteroatoms. The highest BCUT2D eigenvalue weighted by Gasteiger charge is 2.23. The Morgan fingerprint density at radius 2 is 2.05 bits per heavy atom. The number of aryl methyl sites for hydroxylation is 1. The maximum Gasteiger partial charge on any atom is 0.326 e. The zero-order valence-corrected chi connectivity index (χ0v) is 12.1. The van der Waals surface area contributed by atoms with Gasteiger partial charge in [-0.2, -0.15) is 0 Å². The molecule has 0 aliphatic rings. The second kappa shape index (κ2) is 7.53. The molecule has 1 rings (SSSR count). The Morgan fingerprint density at radius 1 is 1.35 bits per heavy atom. The lowest BCUT2D eigenvalue weighted by atomic mass is 10.1. The summed E-state index contributed by atoms with van der Waals surface area (Å²) < 4.78 is 5.37. The van der Waals surface area contributed by atoms with Crippen LogP contribution in [0.5, 0.6) is 5.75 Å². The minimum atomic E-state index is -1.04. The normalized spacial score (nSPS) is 12.0.